The van der Waals surface area contributed by atoms with E-state index in [0.29, 0.717) is 6.54 Å². The summed E-state index contributed by atoms with van der Waals surface area (Å²) in [6.45, 7) is 3.84. The van der Waals surface area contributed by atoms with Crippen LogP contribution in [0.25, 0.3) is 0 Å². The highest BCUT2D eigenvalue weighted by molar-refractivity contribution is 7.09. The molecule has 0 aromatic carbocycles. The van der Waals surface area contributed by atoms with Gasteiger partial charge in [0.05, 0.1) is 6.54 Å². The van der Waals surface area contributed by atoms with Gasteiger partial charge in [-0.3, -0.25) is 4.79 Å². The van der Waals surface area contributed by atoms with Gasteiger partial charge < -0.3 is 14.9 Å². The lowest BCUT2D eigenvalue weighted by Crippen LogP contribution is -2.46. The maximum absolute atomic E-state index is 12.1. The summed E-state index contributed by atoms with van der Waals surface area (Å²) >= 11 is 1.57. The normalized spacial score (nSPS) is 10.4. The summed E-state index contributed by atoms with van der Waals surface area (Å²) in [6.07, 6.45) is 0. The van der Waals surface area contributed by atoms with Crippen molar-refractivity contribution in [3.63, 3.8) is 0 Å². The van der Waals surface area contributed by atoms with Crippen LogP contribution in [0, 0.1) is 0 Å². The Labute approximate surface area is 111 Å². The van der Waals surface area contributed by atoms with Gasteiger partial charge >= 0.3 is 12.0 Å². The van der Waals surface area contributed by atoms with Gasteiger partial charge in [-0.15, -0.1) is 11.3 Å². The predicted molar refractivity (Wildman–Crippen MR) is 70.7 cm³/mol. The molecule has 5 nitrogen and oxygen atoms in total. The number of urea groups is 1. The Balaban J connectivity index is 2.67. The zero-order valence-corrected chi connectivity index (χ0v) is 11.6. The second-order valence-corrected chi connectivity index (χ2v) is 5.37. The molecule has 0 aliphatic carbocycles. The molecule has 0 spiro atoms. The molecule has 1 rings (SSSR count). The summed E-state index contributed by atoms with van der Waals surface area (Å²) in [7, 11) is 1.68. The van der Waals surface area contributed by atoms with Crippen LogP contribution in [0.15, 0.2) is 17.5 Å². The number of carbonyl (C=O) groups is 2. The molecule has 0 fully saturated rings. The molecule has 0 saturated heterocycles. The minimum Gasteiger partial charge on any atom is -0.480 e. The van der Waals surface area contributed by atoms with E-state index in [2.05, 4.69) is 0 Å². The minimum atomic E-state index is -0.999. The number of thiophene rings is 1. The van der Waals surface area contributed by atoms with Crippen molar-refractivity contribution in [1.82, 2.24) is 9.80 Å². The van der Waals surface area contributed by atoms with Crippen LogP contribution in [0.3, 0.4) is 0 Å². The molecular weight excluding hydrogens is 252 g/mol. The van der Waals surface area contributed by atoms with Crippen molar-refractivity contribution in [2.24, 2.45) is 0 Å². The highest BCUT2D eigenvalue weighted by Crippen LogP contribution is 2.13. The predicted octanol–water partition coefficient (Wildman–Crippen LogP) is 2.09. The molecule has 0 aliphatic heterocycles. The Morgan fingerprint density at radius 1 is 1.44 bits per heavy atom. The van der Waals surface area contributed by atoms with Gasteiger partial charge in [-0.2, -0.15) is 0 Å². The lowest BCUT2D eigenvalue weighted by atomic mass is 10.3. The molecule has 0 radical (unpaired) electrons. The Bertz CT molecular complexity index is 403. The monoisotopic (exact) mass is 270 g/mol. The number of aliphatic carboxylic acids is 1. The maximum atomic E-state index is 12.1. The van der Waals surface area contributed by atoms with Crippen LogP contribution in [0.1, 0.15) is 18.7 Å². The number of amides is 2. The van der Waals surface area contributed by atoms with Gasteiger partial charge in [0, 0.05) is 18.0 Å². The molecule has 18 heavy (non-hydrogen) atoms. The van der Waals surface area contributed by atoms with Gasteiger partial charge in [0.25, 0.3) is 0 Å². The number of carbonyl (C=O) groups excluding carboxylic acids is 1. The molecule has 1 heterocycles. The number of hydrogen-bond donors (Lipinski definition) is 1. The van der Waals surface area contributed by atoms with Crippen molar-refractivity contribution in [3.8, 4) is 0 Å². The van der Waals surface area contributed by atoms with Crippen LogP contribution in [0.5, 0.6) is 0 Å². The van der Waals surface area contributed by atoms with Gasteiger partial charge in [0.1, 0.15) is 6.54 Å². The van der Waals surface area contributed by atoms with E-state index < -0.39 is 5.97 Å². The largest absolute Gasteiger partial charge is 0.480 e. The van der Waals surface area contributed by atoms with Crippen molar-refractivity contribution in [2.45, 2.75) is 26.4 Å². The van der Waals surface area contributed by atoms with Crippen LogP contribution in [-0.4, -0.2) is 46.5 Å². The van der Waals surface area contributed by atoms with Gasteiger partial charge in [0.2, 0.25) is 0 Å². The molecule has 1 N–H and O–H groups in total. The van der Waals surface area contributed by atoms with Gasteiger partial charge in [0.15, 0.2) is 0 Å². The summed E-state index contributed by atoms with van der Waals surface area (Å²) in [5.41, 5.74) is 0. The van der Waals surface area contributed by atoms with Crippen molar-refractivity contribution < 1.29 is 14.7 Å². The average Bonchev–Trinajstić information content (AvgIpc) is 2.77. The van der Waals surface area contributed by atoms with E-state index in [1.165, 1.54) is 9.80 Å². The van der Waals surface area contributed by atoms with Crippen LogP contribution < -0.4 is 0 Å². The molecule has 100 valence electrons. The molecule has 6 heteroatoms. The van der Waals surface area contributed by atoms with E-state index in [0.717, 1.165) is 4.88 Å². The zero-order chi connectivity index (χ0) is 13.7. The van der Waals surface area contributed by atoms with Crippen molar-refractivity contribution in [2.75, 3.05) is 13.6 Å². The summed E-state index contributed by atoms with van der Waals surface area (Å²) in [5.74, 6) is -0.999. The molecular formula is C12H18N2O3S. The summed E-state index contributed by atoms with van der Waals surface area (Å²) in [6, 6.07) is 3.47. The smallest absolute Gasteiger partial charge is 0.323 e. The Kier molecular flexibility index (Phi) is 5.15. The van der Waals surface area contributed by atoms with Crippen LogP contribution in [0.2, 0.25) is 0 Å². The van der Waals surface area contributed by atoms with Gasteiger partial charge in [-0.1, -0.05) is 6.07 Å². The third-order valence-electron chi connectivity index (χ3n) is 2.47. The fourth-order valence-corrected chi connectivity index (χ4v) is 2.30. The van der Waals surface area contributed by atoms with E-state index in [-0.39, 0.29) is 18.6 Å². The van der Waals surface area contributed by atoms with E-state index >= 15 is 0 Å². The average molecular weight is 270 g/mol. The van der Waals surface area contributed by atoms with E-state index in [1.807, 2.05) is 17.5 Å². The fraction of sp³-hybridized carbons (Fsp3) is 0.500. The highest BCUT2D eigenvalue weighted by atomic mass is 32.1. The first-order valence-corrected chi connectivity index (χ1v) is 6.55. The Morgan fingerprint density at radius 2 is 2.11 bits per heavy atom. The third kappa shape index (κ3) is 4.03. The van der Waals surface area contributed by atoms with E-state index in [1.54, 1.807) is 32.2 Å². The summed E-state index contributed by atoms with van der Waals surface area (Å²) in [5, 5.41) is 10.8. The van der Waals surface area contributed by atoms with Crippen molar-refractivity contribution in [3.05, 3.63) is 22.4 Å². The van der Waals surface area contributed by atoms with E-state index in [4.69, 9.17) is 5.11 Å². The maximum Gasteiger partial charge on any atom is 0.323 e. The molecule has 0 aliphatic rings. The lowest BCUT2D eigenvalue weighted by Gasteiger charge is -2.29. The van der Waals surface area contributed by atoms with Crippen LogP contribution >= 0.6 is 11.3 Å². The quantitative estimate of drug-likeness (QED) is 0.891. The van der Waals surface area contributed by atoms with E-state index in [9.17, 15) is 9.59 Å². The molecule has 2 amide bonds. The highest BCUT2D eigenvalue weighted by Gasteiger charge is 2.23. The molecule has 0 atom stereocenters. The first kappa shape index (κ1) is 14.5. The van der Waals surface area contributed by atoms with Crippen molar-refractivity contribution >= 4 is 23.3 Å². The zero-order valence-electron chi connectivity index (χ0n) is 10.8. The summed E-state index contributed by atoms with van der Waals surface area (Å²) in [4.78, 5) is 26.8. The second-order valence-electron chi connectivity index (χ2n) is 4.33. The molecule has 1 aromatic heterocycles. The number of nitrogens with zero attached hydrogens (tertiary/aromatic N) is 2. The minimum absolute atomic E-state index is 0.139. The number of carboxylic acid groups (broad SMARTS) is 1. The first-order valence-electron chi connectivity index (χ1n) is 5.67. The van der Waals surface area contributed by atoms with Gasteiger partial charge in [-0.05, 0) is 25.3 Å². The lowest BCUT2D eigenvalue weighted by molar-refractivity contribution is -0.138. The second kappa shape index (κ2) is 6.39. The Morgan fingerprint density at radius 3 is 2.56 bits per heavy atom. The van der Waals surface area contributed by atoms with Crippen LogP contribution in [0.4, 0.5) is 4.79 Å². The SMILES string of the molecule is CC(C)N(CC(=O)O)C(=O)N(C)Cc1cccs1. The standard InChI is InChI=1S/C12H18N2O3S/c1-9(2)14(8-11(15)16)12(17)13(3)7-10-5-4-6-18-10/h4-6,9H,7-8H2,1-3H3,(H,15,16). The number of carboxylic acids is 1. The number of hydrogen-bond acceptors (Lipinski definition) is 3. The molecule has 0 saturated carbocycles. The fourth-order valence-electron chi connectivity index (χ4n) is 1.54. The molecule has 0 bridgehead atoms. The molecule has 0 unspecified atom stereocenters. The molecule has 1 aromatic rings. The topological polar surface area (TPSA) is 60.9 Å². The third-order valence-corrected chi connectivity index (χ3v) is 3.34. The first-order chi connectivity index (χ1) is 8.41. The number of rotatable bonds is 5. The summed E-state index contributed by atoms with van der Waals surface area (Å²) < 4.78 is 0. The van der Waals surface area contributed by atoms with Gasteiger partial charge in [-0.25, -0.2) is 4.79 Å². The Hall–Kier alpha value is -1.56. The van der Waals surface area contributed by atoms with Crippen molar-refractivity contribution in [1.29, 1.82) is 0 Å². The van der Waals surface area contributed by atoms with Crippen LogP contribution in [-0.2, 0) is 11.3 Å².